The molecule has 21 heavy (non-hydrogen) atoms. The first-order valence-corrected chi connectivity index (χ1v) is 7.51. The summed E-state index contributed by atoms with van der Waals surface area (Å²) in [5.41, 5.74) is 0.369. The van der Waals surface area contributed by atoms with E-state index >= 15 is 0 Å². The lowest BCUT2D eigenvalue weighted by molar-refractivity contribution is -0.115. The maximum absolute atomic E-state index is 13.0. The van der Waals surface area contributed by atoms with Gasteiger partial charge in [-0.25, -0.2) is 4.39 Å². The van der Waals surface area contributed by atoms with Gasteiger partial charge in [0.1, 0.15) is 5.82 Å². The maximum Gasteiger partial charge on any atom is 0.238 e. The number of nitrogens with one attached hydrogen (secondary N) is 2. The Balaban J connectivity index is 1.76. The lowest BCUT2D eigenvalue weighted by Gasteiger charge is -2.35. The van der Waals surface area contributed by atoms with E-state index in [0.29, 0.717) is 12.2 Å². The Hall–Kier alpha value is -1.46. The topological polar surface area (TPSA) is 61.4 Å². The molecule has 0 bridgehead atoms. The van der Waals surface area contributed by atoms with Crippen molar-refractivity contribution in [3.05, 3.63) is 30.1 Å². The largest absolute Gasteiger partial charge is 0.396 e. The summed E-state index contributed by atoms with van der Waals surface area (Å²) in [4.78, 5) is 11.8. The van der Waals surface area contributed by atoms with E-state index in [0.717, 1.165) is 25.7 Å². The number of carbonyl (C=O) groups is 1. The molecular weight excluding hydrogens is 271 g/mol. The van der Waals surface area contributed by atoms with Crippen LogP contribution in [0.5, 0.6) is 0 Å². The molecule has 1 saturated carbocycles. The van der Waals surface area contributed by atoms with Crippen molar-refractivity contribution in [1.29, 1.82) is 0 Å². The third kappa shape index (κ3) is 4.79. The standard InChI is InChI=1S/C16H23FN2O2/c17-13-5-4-6-14(9-13)19-15(21)10-18-11-16(12-20)7-2-1-3-8-16/h4-6,9,18,20H,1-3,7-8,10-12H2,(H,19,21). The first kappa shape index (κ1) is 15.9. The summed E-state index contributed by atoms with van der Waals surface area (Å²) in [5.74, 6) is -0.577. The molecule has 1 fully saturated rings. The molecule has 0 saturated heterocycles. The van der Waals surface area contributed by atoms with Gasteiger partial charge in [-0.1, -0.05) is 25.3 Å². The molecule has 1 aromatic carbocycles. The van der Waals surface area contributed by atoms with Gasteiger partial charge in [0.2, 0.25) is 5.91 Å². The molecule has 0 unspecified atom stereocenters. The van der Waals surface area contributed by atoms with Gasteiger partial charge in [0.25, 0.3) is 0 Å². The number of halogens is 1. The Bertz CT molecular complexity index is 473. The van der Waals surface area contributed by atoms with Gasteiger partial charge in [0.15, 0.2) is 0 Å². The van der Waals surface area contributed by atoms with Crippen molar-refractivity contribution < 1.29 is 14.3 Å². The maximum atomic E-state index is 13.0. The van der Waals surface area contributed by atoms with Crippen LogP contribution in [0.15, 0.2) is 24.3 Å². The highest BCUT2D eigenvalue weighted by molar-refractivity contribution is 5.92. The molecule has 0 spiro atoms. The van der Waals surface area contributed by atoms with E-state index in [4.69, 9.17) is 0 Å². The molecule has 1 amide bonds. The number of hydrogen-bond acceptors (Lipinski definition) is 3. The van der Waals surface area contributed by atoms with Crippen molar-refractivity contribution in [2.75, 3.05) is 25.0 Å². The van der Waals surface area contributed by atoms with E-state index in [1.165, 1.54) is 18.6 Å². The summed E-state index contributed by atoms with van der Waals surface area (Å²) in [7, 11) is 0. The molecule has 1 aliphatic carbocycles. The molecule has 116 valence electrons. The third-order valence-corrected chi connectivity index (χ3v) is 4.14. The van der Waals surface area contributed by atoms with Crippen LogP contribution < -0.4 is 10.6 Å². The number of aliphatic hydroxyl groups excluding tert-OH is 1. The lowest BCUT2D eigenvalue weighted by Crippen LogP contribution is -2.41. The quantitative estimate of drug-likeness (QED) is 0.754. The van der Waals surface area contributed by atoms with Crippen molar-refractivity contribution >= 4 is 11.6 Å². The minimum atomic E-state index is -0.373. The fourth-order valence-corrected chi connectivity index (χ4v) is 2.91. The van der Waals surface area contributed by atoms with E-state index in [-0.39, 0.29) is 30.3 Å². The number of rotatable bonds is 6. The zero-order valence-electron chi connectivity index (χ0n) is 12.2. The van der Waals surface area contributed by atoms with Gasteiger partial charge in [-0.05, 0) is 31.0 Å². The zero-order valence-corrected chi connectivity index (χ0v) is 12.2. The van der Waals surface area contributed by atoms with Crippen LogP contribution in [0.25, 0.3) is 0 Å². The lowest BCUT2D eigenvalue weighted by atomic mass is 9.74. The van der Waals surface area contributed by atoms with Gasteiger partial charge in [-0.15, -0.1) is 0 Å². The van der Waals surface area contributed by atoms with Crippen LogP contribution in [0.2, 0.25) is 0 Å². The average molecular weight is 294 g/mol. The van der Waals surface area contributed by atoms with Crippen LogP contribution in [0.1, 0.15) is 32.1 Å². The van der Waals surface area contributed by atoms with Crippen molar-refractivity contribution in [2.45, 2.75) is 32.1 Å². The number of aliphatic hydroxyl groups is 1. The number of anilines is 1. The fraction of sp³-hybridized carbons (Fsp3) is 0.562. The molecule has 3 N–H and O–H groups in total. The monoisotopic (exact) mass is 294 g/mol. The molecule has 5 heteroatoms. The predicted molar refractivity (Wildman–Crippen MR) is 80.5 cm³/mol. The summed E-state index contributed by atoms with van der Waals surface area (Å²) in [6.07, 6.45) is 5.50. The molecule has 0 radical (unpaired) electrons. The minimum Gasteiger partial charge on any atom is -0.396 e. The van der Waals surface area contributed by atoms with Gasteiger partial charge in [0, 0.05) is 24.3 Å². The molecular formula is C16H23FN2O2. The first-order chi connectivity index (χ1) is 10.1. The molecule has 0 heterocycles. The van der Waals surface area contributed by atoms with Gasteiger partial charge < -0.3 is 15.7 Å². The van der Waals surface area contributed by atoms with Crippen LogP contribution in [-0.4, -0.2) is 30.7 Å². The average Bonchev–Trinajstić information content (AvgIpc) is 2.48. The van der Waals surface area contributed by atoms with Gasteiger partial charge in [-0.2, -0.15) is 0 Å². The van der Waals surface area contributed by atoms with Crippen molar-refractivity contribution in [3.63, 3.8) is 0 Å². The van der Waals surface area contributed by atoms with Gasteiger partial charge >= 0.3 is 0 Å². The Labute approximate surface area is 124 Å². The van der Waals surface area contributed by atoms with Crippen LogP contribution in [-0.2, 0) is 4.79 Å². The van der Waals surface area contributed by atoms with Crippen LogP contribution in [0.4, 0.5) is 10.1 Å². The summed E-state index contributed by atoms with van der Waals surface area (Å²) in [6, 6.07) is 5.83. The second-order valence-electron chi connectivity index (χ2n) is 5.88. The number of benzene rings is 1. The van der Waals surface area contributed by atoms with E-state index in [2.05, 4.69) is 10.6 Å². The van der Waals surface area contributed by atoms with E-state index in [1.54, 1.807) is 12.1 Å². The highest BCUT2D eigenvalue weighted by atomic mass is 19.1. The van der Waals surface area contributed by atoms with Crippen molar-refractivity contribution in [3.8, 4) is 0 Å². The van der Waals surface area contributed by atoms with Gasteiger partial charge in [0.05, 0.1) is 6.54 Å². The summed E-state index contributed by atoms with van der Waals surface area (Å²) in [5, 5.41) is 15.4. The molecule has 0 aromatic heterocycles. The summed E-state index contributed by atoms with van der Waals surface area (Å²) >= 11 is 0. The molecule has 4 nitrogen and oxygen atoms in total. The molecule has 1 aromatic rings. The minimum absolute atomic E-state index is 0.0859. The highest BCUT2D eigenvalue weighted by Crippen LogP contribution is 2.35. The van der Waals surface area contributed by atoms with Gasteiger partial charge in [-0.3, -0.25) is 4.79 Å². The Kier molecular flexibility index (Phi) is 5.70. The van der Waals surface area contributed by atoms with Crippen molar-refractivity contribution in [2.24, 2.45) is 5.41 Å². The summed E-state index contributed by atoms with van der Waals surface area (Å²) < 4.78 is 13.0. The molecule has 1 aliphatic rings. The predicted octanol–water partition coefficient (Wildman–Crippen LogP) is 2.30. The fourth-order valence-electron chi connectivity index (χ4n) is 2.91. The number of hydrogen-bond donors (Lipinski definition) is 3. The SMILES string of the molecule is O=C(CNCC1(CO)CCCCC1)Nc1cccc(F)c1. The Morgan fingerprint density at radius 1 is 1.29 bits per heavy atom. The molecule has 0 aliphatic heterocycles. The normalized spacial score (nSPS) is 17.4. The smallest absolute Gasteiger partial charge is 0.238 e. The number of amides is 1. The number of carbonyl (C=O) groups excluding carboxylic acids is 1. The zero-order chi connectivity index (χ0) is 15.1. The van der Waals surface area contributed by atoms with E-state index in [9.17, 15) is 14.3 Å². The van der Waals surface area contributed by atoms with E-state index < -0.39 is 0 Å². The van der Waals surface area contributed by atoms with Crippen LogP contribution >= 0.6 is 0 Å². The Morgan fingerprint density at radius 2 is 2.05 bits per heavy atom. The highest BCUT2D eigenvalue weighted by Gasteiger charge is 2.30. The second-order valence-corrected chi connectivity index (χ2v) is 5.88. The summed E-state index contributed by atoms with van der Waals surface area (Å²) in [6.45, 7) is 0.962. The first-order valence-electron chi connectivity index (χ1n) is 7.51. The second kappa shape index (κ2) is 7.52. The molecule has 2 rings (SSSR count). The Morgan fingerprint density at radius 3 is 2.71 bits per heavy atom. The molecule has 0 atom stereocenters. The van der Waals surface area contributed by atoms with Crippen LogP contribution in [0, 0.1) is 11.2 Å². The third-order valence-electron chi connectivity index (χ3n) is 4.14. The van der Waals surface area contributed by atoms with E-state index in [1.807, 2.05) is 0 Å². The van der Waals surface area contributed by atoms with Crippen LogP contribution in [0.3, 0.4) is 0 Å². The van der Waals surface area contributed by atoms with Crippen molar-refractivity contribution in [1.82, 2.24) is 5.32 Å².